The van der Waals surface area contributed by atoms with Gasteiger partial charge in [-0.2, -0.15) is 0 Å². The molecule has 2 amide bonds. The molecule has 8 heteroatoms. The first-order valence-corrected chi connectivity index (χ1v) is 15.2. The quantitative estimate of drug-likeness (QED) is 0.329. The monoisotopic (exact) mass is 563 g/mol. The molecule has 7 nitrogen and oxygen atoms in total. The van der Waals surface area contributed by atoms with E-state index in [4.69, 9.17) is 0 Å². The summed E-state index contributed by atoms with van der Waals surface area (Å²) in [5, 5.41) is 2.93. The van der Waals surface area contributed by atoms with E-state index in [1.165, 1.54) is 9.21 Å². The minimum absolute atomic E-state index is 0.0963. The molecule has 3 rings (SSSR count). The van der Waals surface area contributed by atoms with Crippen LogP contribution in [0.3, 0.4) is 0 Å². The van der Waals surface area contributed by atoms with Gasteiger partial charge in [0.25, 0.3) is 10.0 Å². The van der Waals surface area contributed by atoms with E-state index < -0.39 is 28.5 Å². The van der Waals surface area contributed by atoms with E-state index in [0.717, 1.165) is 22.3 Å². The molecular formula is C32H41N3O4S. The third-order valence-electron chi connectivity index (χ3n) is 7.03. The second-order valence-corrected chi connectivity index (χ2v) is 12.3. The van der Waals surface area contributed by atoms with E-state index >= 15 is 0 Å². The number of carbonyl (C=O) groups is 2. The van der Waals surface area contributed by atoms with Crippen LogP contribution < -0.4 is 9.62 Å². The second kappa shape index (κ2) is 13.6. The number of anilines is 1. The van der Waals surface area contributed by atoms with Crippen molar-refractivity contribution >= 4 is 27.5 Å². The fourth-order valence-electron chi connectivity index (χ4n) is 4.63. The lowest BCUT2D eigenvalue weighted by atomic mass is 10.1. The zero-order valence-electron chi connectivity index (χ0n) is 24.3. The largest absolute Gasteiger partial charge is 0.352 e. The molecule has 0 aliphatic heterocycles. The van der Waals surface area contributed by atoms with Crippen molar-refractivity contribution in [2.75, 3.05) is 17.4 Å². The summed E-state index contributed by atoms with van der Waals surface area (Å²) in [4.78, 5) is 29.0. The molecule has 1 atom stereocenters. The predicted molar refractivity (Wildman–Crippen MR) is 161 cm³/mol. The first kappa shape index (κ1) is 30.9. The fourth-order valence-corrected chi connectivity index (χ4v) is 6.10. The summed E-state index contributed by atoms with van der Waals surface area (Å²) in [6, 6.07) is 20.9. The van der Waals surface area contributed by atoms with Gasteiger partial charge in [0.2, 0.25) is 11.8 Å². The molecule has 3 aromatic rings. The van der Waals surface area contributed by atoms with E-state index in [1.54, 1.807) is 36.4 Å². The predicted octanol–water partition coefficient (Wildman–Crippen LogP) is 5.18. The molecule has 0 fully saturated rings. The van der Waals surface area contributed by atoms with Crippen molar-refractivity contribution in [3.8, 4) is 0 Å². The molecule has 0 spiro atoms. The first-order chi connectivity index (χ1) is 18.9. The normalized spacial score (nSPS) is 12.2. The highest BCUT2D eigenvalue weighted by Gasteiger charge is 2.34. The topological polar surface area (TPSA) is 86.8 Å². The lowest BCUT2D eigenvalue weighted by Crippen LogP contribution is -2.54. The third-order valence-corrected chi connectivity index (χ3v) is 8.81. The summed E-state index contributed by atoms with van der Waals surface area (Å²) in [6.45, 7) is 11.1. The minimum atomic E-state index is -4.09. The van der Waals surface area contributed by atoms with E-state index in [9.17, 15) is 18.0 Å². The number of benzene rings is 3. The highest BCUT2D eigenvalue weighted by Crippen LogP contribution is 2.29. The minimum Gasteiger partial charge on any atom is -0.352 e. The maximum absolute atomic E-state index is 14.1. The standard InChI is InChI=1S/C32H41N3O4S/c1-7-29(32(37)33-23(2)3)34(21-20-27-13-9-8-10-14-27)31(36)22-35(30-15-11-12-25(5)26(30)6)40(38,39)28-18-16-24(4)17-19-28/h8-19,23,29H,7,20-22H2,1-6H3,(H,33,37)/t29-/m0/s1. The lowest BCUT2D eigenvalue weighted by molar-refractivity contribution is -0.139. The molecule has 0 saturated heterocycles. The van der Waals surface area contributed by atoms with Crippen LogP contribution in [0, 0.1) is 20.8 Å². The van der Waals surface area contributed by atoms with Crippen molar-refractivity contribution in [1.82, 2.24) is 10.2 Å². The Labute approximate surface area is 239 Å². The van der Waals surface area contributed by atoms with Crippen LogP contribution in [0.15, 0.2) is 77.7 Å². The molecule has 214 valence electrons. The molecule has 1 N–H and O–H groups in total. The molecule has 0 unspecified atom stereocenters. The summed E-state index contributed by atoms with van der Waals surface area (Å²) < 4.78 is 29.3. The van der Waals surface area contributed by atoms with E-state index in [2.05, 4.69) is 5.32 Å². The number of nitrogens with one attached hydrogen (secondary N) is 1. The summed E-state index contributed by atoms with van der Waals surface area (Å²) in [6.07, 6.45) is 0.930. The second-order valence-electron chi connectivity index (χ2n) is 10.5. The first-order valence-electron chi connectivity index (χ1n) is 13.7. The Bertz CT molecular complexity index is 1400. The molecule has 0 aliphatic carbocycles. The molecule has 3 aromatic carbocycles. The third kappa shape index (κ3) is 7.50. The average molecular weight is 564 g/mol. The van der Waals surface area contributed by atoms with Gasteiger partial charge >= 0.3 is 0 Å². The zero-order valence-corrected chi connectivity index (χ0v) is 25.2. The Hall–Kier alpha value is -3.65. The lowest BCUT2D eigenvalue weighted by Gasteiger charge is -2.34. The number of amides is 2. The fraction of sp³-hybridized carbons (Fsp3) is 0.375. The average Bonchev–Trinajstić information content (AvgIpc) is 2.91. The van der Waals surface area contributed by atoms with Crippen LogP contribution in [0.1, 0.15) is 49.4 Å². The van der Waals surface area contributed by atoms with Crippen molar-refractivity contribution in [2.45, 2.75) is 71.4 Å². The zero-order chi connectivity index (χ0) is 29.4. The van der Waals surface area contributed by atoms with Crippen LogP contribution in [0.25, 0.3) is 0 Å². The van der Waals surface area contributed by atoms with Crippen LogP contribution in [0.5, 0.6) is 0 Å². The molecule has 0 saturated carbocycles. The van der Waals surface area contributed by atoms with Gasteiger partial charge in [-0.1, -0.05) is 67.1 Å². The Morgan fingerprint density at radius 3 is 2.12 bits per heavy atom. The van der Waals surface area contributed by atoms with E-state index in [-0.39, 0.29) is 23.4 Å². The summed E-state index contributed by atoms with van der Waals surface area (Å²) >= 11 is 0. The molecule has 0 bridgehead atoms. The molecular weight excluding hydrogens is 522 g/mol. The van der Waals surface area contributed by atoms with Gasteiger partial charge in [0, 0.05) is 12.6 Å². The van der Waals surface area contributed by atoms with Gasteiger partial charge < -0.3 is 10.2 Å². The maximum Gasteiger partial charge on any atom is 0.264 e. The highest BCUT2D eigenvalue weighted by molar-refractivity contribution is 7.92. The van der Waals surface area contributed by atoms with Gasteiger partial charge in [0.1, 0.15) is 12.6 Å². The number of nitrogens with zero attached hydrogens (tertiary/aromatic N) is 2. The number of aryl methyl sites for hydroxylation is 2. The molecule has 0 heterocycles. The van der Waals surface area contributed by atoms with Crippen molar-refractivity contribution in [2.24, 2.45) is 0 Å². The van der Waals surface area contributed by atoms with Gasteiger partial charge in [-0.25, -0.2) is 8.42 Å². The van der Waals surface area contributed by atoms with Gasteiger partial charge in [0.15, 0.2) is 0 Å². The van der Waals surface area contributed by atoms with Gasteiger partial charge in [-0.05, 0) is 82.3 Å². The van der Waals surface area contributed by atoms with Crippen molar-refractivity contribution < 1.29 is 18.0 Å². The van der Waals surface area contributed by atoms with Crippen LogP contribution in [0.4, 0.5) is 5.69 Å². The van der Waals surface area contributed by atoms with Crippen LogP contribution >= 0.6 is 0 Å². The van der Waals surface area contributed by atoms with Gasteiger partial charge in [0.05, 0.1) is 10.6 Å². The van der Waals surface area contributed by atoms with Gasteiger partial charge in [-0.3, -0.25) is 13.9 Å². The van der Waals surface area contributed by atoms with Crippen LogP contribution in [-0.2, 0) is 26.0 Å². The SMILES string of the molecule is CC[C@@H](C(=O)NC(C)C)N(CCc1ccccc1)C(=O)CN(c1cccc(C)c1C)S(=O)(=O)c1ccc(C)cc1. The van der Waals surface area contributed by atoms with E-state index in [1.807, 2.05) is 77.9 Å². The molecule has 0 aromatic heterocycles. The Kier molecular flexibility index (Phi) is 10.5. The Morgan fingerprint density at radius 2 is 1.52 bits per heavy atom. The van der Waals surface area contributed by atoms with Crippen molar-refractivity contribution in [3.63, 3.8) is 0 Å². The van der Waals surface area contributed by atoms with Crippen molar-refractivity contribution in [1.29, 1.82) is 0 Å². The number of hydrogen-bond acceptors (Lipinski definition) is 4. The van der Waals surface area contributed by atoms with Gasteiger partial charge in [-0.15, -0.1) is 0 Å². The Balaban J connectivity index is 2.05. The number of hydrogen-bond donors (Lipinski definition) is 1. The summed E-state index contributed by atoms with van der Waals surface area (Å²) in [7, 11) is -4.09. The number of sulfonamides is 1. The maximum atomic E-state index is 14.1. The molecule has 0 aliphatic rings. The van der Waals surface area contributed by atoms with Crippen LogP contribution in [-0.4, -0.2) is 50.3 Å². The number of carbonyl (C=O) groups excluding carboxylic acids is 2. The molecule has 40 heavy (non-hydrogen) atoms. The Morgan fingerprint density at radius 1 is 0.875 bits per heavy atom. The number of rotatable bonds is 12. The highest BCUT2D eigenvalue weighted by atomic mass is 32.2. The smallest absolute Gasteiger partial charge is 0.264 e. The summed E-state index contributed by atoms with van der Waals surface area (Å²) in [5.41, 5.74) is 4.08. The van der Waals surface area contributed by atoms with Crippen LogP contribution in [0.2, 0.25) is 0 Å². The summed E-state index contributed by atoms with van der Waals surface area (Å²) in [5.74, 6) is -0.683. The van der Waals surface area contributed by atoms with E-state index in [0.29, 0.717) is 18.5 Å². The molecule has 0 radical (unpaired) electrons. The van der Waals surface area contributed by atoms with Crippen molar-refractivity contribution in [3.05, 3.63) is 95.1 Å².